The Morgan fingerprint density at radius 2 is 2.00 bits per heavy atom. The van der Waals surface area contributed by atoms with Gasteiger partial charge >= 0.3 is 0 Å². The maximum absolute atomic E-state index is 12.5. The standard InChI is InChI=1S/C10H13ClFN/c1-8(6-11)13-7-9-2-4-10(12)5-3-9/h2-5,8,13H,6-7H2,1H3. The molecule has 1 atom stereocenters. The van der Waals surface area contributed by atoms with E-state index < -0.39 is 0 Å². The highest BCUT2D eigenvalue weighted by atomic mass is 35.5. The molecule has 72 valence electrons. The molecule has 0 aromatic heterocycles. The maximum Gasteiger partial charge on any atom is 0.123 e. The summed E-state index contributed by atoms with van der Waals surface area (Å²) in [5.74, 6) is 0.385. The lowest BCUT2D eigenvalue weighted by Gasteiger charge is -2.09. The summed E-state index contributed by atoms with van der Waals surface area (Å²) in [6.45, 7) is 2.74. The number of hydrogen-bond donors (Lipinski definition) is 1. The van der Waals surface area contributed by atoms with Crippen molar-refractivity contribution in [1.29, 1.82) is 0 Å². The topological polar surface area (TPSA) is 12.0 Å². The van der Waals surface area contributed by atoms with E-state index in [1.807, 2.05) is 6.92 Å². The fourth-order valence-electron chi connectivity index (χ4n) is 0.949. The number of alkyl halides is 1. The van der Waals surface area contributed by atoms with E-state index >= 15 is 0 Å². The monoisotopic (exact) mass is 201 g/mol. The van der Waals surface area contributed by atoms with Crippen LogP contribution in [0.15, 0.2) is 24.3 Å². The Hall–Kier alpha value is -0.600. The third kappa shape index (κ3) is 3.75. The van der Waals surface area contributed by atoms with Crippen molar-refractivity contribution in [2.24, 2.45) is 0 Å². The van der Waals surface area contributed by atoms with Crippen molar-refractivity contribution in [3.05, 3.63) is 35.6 Å². The van der Waals surface area contributed by atoms with Crippen molar-refractivity contribution in [2.45, 2.75) is 19.5 Å². The van der Waals surface area contributed by atoms with Crippen LogP contribution in [-0.4, -0.2) is 11.9 Å². The highest BCUT2D eigenvalue weighted by Gasteiger charge is 1.98. The summed E-state index contributed by atoms with van der Waals surface area (Å²) in [4.78, 5) is 0. The van der Waals surface area contributed by atoms with E-state index in [4.69, 9.17) is 11.6 Å². The average molecular weight is 202 g/mol. The molecule has 0 amide bonds. The lowest BCUT2D eigenvalue weighted by atomic mass is 10.2. The number of benzene rings is 1. The highest BCUT2D eigenvalue weighted by Crippen LogP contribution is 2.02. The zero-order chi connectivity index (χ0) is 9.68. The molecule has 0 saturated heterocycles. The van der Waals surface area contributed by atoms with Crippen molar-refractivity contribution >= 4 is 11.6 Å². The Bertz CT molecular complexity index is 248. The van der Waals surface area contributed by atoms with Crippen LogP contribution in [0.25, 0.3) is 0 Å². The first-order chi connectivity index (χ1) is 6.22. The number of halogens is 2. The van der Waals surface area contributed by atoms with Gasteiger partial charge in [0.05, 0.1) is 0 Å². The fourth-order valence-corrected chi connectivity index (χ4v) is 1.06. The molecule has 0 radical (unpaired) electrons. The van der Waals surface area contributed by atoms with E-state index in [2.05, 4.69) is 5.32 Å². The zero-order valence-corrected chi connectivity index (χ0v) is 8.31. The quantitative estimate of drug-likeness (QED) is 0.739. The molecule has 1 unspecified atom stereocenters. The van der Waals surface area contributed by atoms with Crippen LogP contribution in [0, 0.1) is 5.82 Å². The van der Waals surface area contributed by atoms with Crippen LogP contribution in [0.3, 0.4) is 0 Å². The molecule has 1 N–H and O–H groups in total. The third-order valence-electron chi connectivity index (χ3n) is 1.80. The fraction of sp³-hybridized carbons (Fsp3) is 0.400. The molecule has 0 saturated carbocycles. The third-order valence-corrected chi connectivity index (χ3v) is 2.26. The van der Waals surface area contributed by atoms with Crippen LogP contribution in [0.1, 0.15) is 12.5 Å². The summed E-state index contributed by atoms with van der Waals surface area (Å²) in [6, 6.07) is 6.74. The van der Waals surface area contributed by atoms with Gasteiger partial charge in [0.1, 0.15) is 5.82 Å². The van der Waals surface area contributed by atoms with Crippen molar-refractivity contribution in [1.82, 2.24) is 5.32 Å². The van der Waals surface area contributed by atoms with Gasteiger partial charge in [-0.2, -0.15) is 0 Å². The van der Waals surface area contributed by atoms with Gasteiger partial charge in [-0.15, -0.1) is 11.6 Å². The minimum Gasteiger partial charge on any atom is -0.309 e. The van der Waals surface area contributed by atoms with Crippen LogP contribution in [0.4, 0.5) is 4.39 Å². The molecule has 1 rings (SSSR count). The van der Waals surface area contributed by atoms with Crippen molar-refractivity contribution < 1.29 is 4.39 Å². The summed E-state index contributed by atoms with van der Waals surface area (Å²) in [6.07, 6.45) is 0. The van der Waals surface area contributed by atoms with Gasteiger partial charge in [-0.05, 0) is 24.6 Å². The van der Waals surface area contributed by atoms with Gasteiger partial charge < -0.3 is 5.32 Å². The molecule has 0 aliphatic carbocycles. The molecule has 0 heterocycles. The first-order valence-corrected chi connectivity index (χ1v) is 4.79. The first kappa shape index (κ1) is 10.5. The second kappa shape index (κ2) is 5.20. The average Bonchev–Trinajstić information content (AvgIpc) is 2.16. The molecule has 0 bridgehead atoms. The van der Waals surface area contributed by atoms with Crippen molar-refractivity contribution in [3.63, 3.8) is 0 Å². The van der Waals surface area contributed by atoms with E-state index in [0.717, 1.165) is 12.1 Å². The lowest BCUT2D eigenvalue weighted by molar-refractivity contribution is 0.590. The normalized spacial score (nSPS) is 12.8. The second-order valence-corrected chi connectivity index (χ2v) is 3.37. The summed E-state index contributed by atoms with van der Waals surface area (Å²) in [5, 5.41) is 3.21. The van der Waals surface area contributed by atoms with E-state index in [1.54, 1.807) is 12.1 Å². The predicted octanol–water partition coefficient (Wildman–Crippen LogP) is 2.54. The van der Waals surface area contributed by atoms with Crippen LogP contribution in [-0.2, 0) is 6.54 Å². The molecule has 1 nitrogen and oxygen atoms in total. The van der Waals surface area contributed by atoms with Gasteiger partial charge in [0.15, 0.2) is 0 Å². The van der Waals surface area contributed by atoms with Gasteiger partial charge in [-0.3, -0.25) is 0 Å². The molecule has 3 heteroatoms. The number of nitrogens with one attached hydrogen (secondary N) is 1. The summed E-state index contributed by atoms with van der Waals surface area (Å²) in [5.41, 5.74) is 1.07. The lowest BCUT2D eigenvalue weighted by Crippen LogP contribution is -2.26. The van der Waals surface area contributed by atoms with Crippen LogP contribution < -0.4 is 5.32 Å². The van der Waals surface area contributed by atoms with Crippen LogP contribution in [0.2, 0.25) is 0 Å². The molecule has 0 fully saturated rings. The minimum absolute atomic E-state index is 0.200. The Balaban J connectivity index is 2.41. The smallest absolute Gasteiger partial charge is 0.123 e. The molecule has 0 spiro atoms. The molecular weight excluding hydrogens is 189 g/mol. The Labute approximate surface area is 82.9 Å². The maximum atomic E-state index is 12.5. The van der Waals surface area contributed by atoms with E-state index in [0.29, 0.717) is 5.88 Å². The van der Waals surface area contributed by atoms with E-state index in [-0.39, 0.29) is 11.9 Å². The molecule has 1 aromatic rings. The Kier molecular flexibility index (Phi) is 4.19. The summed E-state index contributed by atoms with van der Waals surface area (Å²) in [7, 11) is 0. The van der Waals surface area contributed by atoms with Gasteiger partial charge in [-0.25, -0.2) is 4.39 Å². The number of hydrogen-bond acceptors (Lipinski definition) is 1. The number of rotatable bonds is 4. The van der Waals surface area contributed by atoms with Crippen molar-refractivity contribution in [2.75, 3.05) is 5.88 Å². The van der Waals surface area contributed by atoms with E-state index in [1.165, 1.54) is 12.1 Å². The Morgan fingerprint density at radius 1 is 1.38 bits per heavy atom. The second-order valence-electron chi connectivity index (χ2n) is 3.06. The van der Waals surface area contributed by atoms with Crippen molar-refractivity contribution in [3.8, 4) is 0 Å². The van der Waals surface area contributed by atoms with Crippen LogP contribution >= 0.6 is 11.6 Å². The zero-order valence-electron chi connectivity index (χ0n) is 7.56. The first-order valence-electron chi connectivity index (χ1n) is 4.26. The molecule has 13 heavy (non-hydrogen) atoms. The van der Waals surface area contributed by atoms with Gasteiger partial charge in [0, 0.05) is 18.5 Å². The minimum atomic E-state index is -0.200. The summed E-state index contributed by atoms with van der Waals surface area (Å²) >= 11 is 5.62. The predicted molar refractivity (Wildman–Crippen MR) is 53.4 cm³/mol. The van der Waals surface area contributed by atoms with Gasteiger partial charge in [0.2, 0.25) is 0 Å². The van der Waals surface area contributed by atoms with Gasteiger partial charge in [-0.1, -0.05) is 12.1 Å². The molecule has 1 aromatic carbocycles. The van der Waals surface area contributed by atoms with Gasteiger partial charge in [0.25, 0.3) is 0 Å². The molecular formula is C10H13ClFN. The van der Waals surface area contributed by atoms with E-state index in [9.17, 15) is 4.39 Å². The molecule has 0 aliphatic heterocycles. The largest absolute Gasteiger partial charge is 0.309 e. The van der Waals surface area contributed by atoms with Crippen LogP contribution in [0.5, 0.6) is 0 Å². The summed E-state index contributed by atoms with van der Waals surface area (Å²) < 4.78 is 12.5. The Morgan fingerprint density at radius 3 is 2.54 bits per heavy atom. The SMILES string of the molecule is CC(CCl)NCc1ccc(F)cc1. The highest BCUT2D eigenvalue weighted by molar-refractivity contribution is 6.18. The molecule has 0 aliphatic rings.